The molecule has 0 radical (unpaired) electrons. The van der Waals surface area contributed by atoms with Crippen molar-refractivity contribution >= 4 is 21.8 Å². The Bertz CT molecular complexity index is 960. The lowest BCUT2D eigenvalue weighted by atomic mass is 9.97. The van der Waals surface area contributed by atoms with Crippen LogP contribution in [-0.4, -0.2) is 62.6 Å². The molecule has 1 amide bonds. The normalized spacial score (nSPS) is 23.9. The average Bonchev–Trinajstić information content (AvgIpc) is 2.69. The topological polar surface area (TPSA) is 88.5 Å². The fourth-order valence-electron chi connectivity index (χ4n) is 3.85. The molecule has 2 heterocycles. The van der Waals surface area contributed by atoms with Crippen LogP contribution >= 0.6 is 0 Å². The maximum Gasteiger partial charge on any atom is 0.345 e. The number of carbonyl (C=O) groups excluding carboxylic acids is 1. The minimum Gasteiger partial charge on any atom is -0.497 e. The third-order valence-electron chi connectivity index (χ3n) is 5.50. The molecule has 8 nitrogen and oxygen atoms in total. The molecule has 29 heavy (non-hydrogen) atoms. The number of amides is 1. The van der Waals surface area contributed by atoms with Crippen LogP contribution in [0.1, 0.15) is 38.7 Å². The Morgan fingerprint density at radius 2 is 1.79 bits per heavy atom. The number of ether oxygens (including phenoxy) is 2. The van der Waals surface area contributed by atoms with Crippen molar-refractivity contribution in [3.63, 3.8) is 0 Å². The zero-order chi connectivity index (χ0) is 21.3. The van der Waals surface area contributed by atoms with Crippen molar-refractivity contribution in [1.82, 2.24) is 9.21 Å². The standard InChI is InChI=1S/C20H27N3O5S/c1-13-7-6-8-14(2)23(13)20(24)18-12-17(21-29(25,26)22(18)3)16-11-15(27-4)9-10-19(16)28-5/h9-14H,6-8H2,1-5H3/t13-,14-/m0/s1. The molecule has 158 valence electrons. The van der Waals surface area contributed by atoms with Gasteiger partial charge in [-0.05, 0) is 57.4 Å². The quantitative estimate of drug-likeness (QED) is 0.745. The number of nitrogens with zero attached hydrogens (tertiary/aromatic N) is 3. The summed E-state index contributed by atoms with van der Waals surface area (Å²) in [6.07, 6.45) is 4.34. The highest BCUT2D eigenvalue weighted by atomic mass is 32.2. The van der Waals surface area contributed by atoms with Crippen LogP contribution in [0.4, 0.5) is 0 Å². The van der Waals surface area contributed by atoms with E-state index in [1.165, 1.54) is 27.3 Å². The van der Waals surface area contributed by atoms with E-state index in [2.05, 4.69) is 4.40 Å². The summed E-state index contributed by atoms with van der Waals surface area (Å²) in [4.78, 5) is 15.1. The van der Waals surface area contributed by atoms with Crippen molar-refractivity contribution in [2.24, 2.45) is 4.40 Å². The predicted octanol–water partition coefficient (Wildman–Crippen LogP) is 2.36. The lowest BCUT2D eigenvalue weighted by molar-refractivity contribution is -0.134. The number of piperidine rings is 1. The SMILES string of the molecule is COc1ccc(OC)c(C2=NS(=O)(=O)N(C)C(C(=O)N3[C@@H](C)CCC[C@@H]3C)=C2)c1. The van der Waals surface area contributed by atoms with Crippen LogP contribution < -0.4 is 9.47 Å². The van der Waals surface area contributed by atoms with Crippen LogP contribution in [-0.2, 0) is 15.0 Å². The van der Waals surface area contributed by atoms with E-state index in [1.54, 1.807) is 23.1 Å². The lowest BCUT2D eigenvalue weighted by Gasteiger charge is -2.40. The number of methoxy groups -OCH3 is 2. The van der Waals surface area contributed by atoms with Gasteiger partial charge >= 0.3 is 10.2 Å². The highest BCUT2D eigenvalue weighted by Crippen LogP contribution is 2.31. The Labute approximate surface area is 172 Å². The number of benzene rings is 1. The van der Waals surface area contributed by atoms with Gasteiger partial charge in [-0.2, -0.15) is 8.42 Å². The Hall–Kier alpha value is -2.55. The highest BCUT2D eigenvalue weighted by Gasteiger charge is 2.37. The van der Waals surface area contributed by atoms with Crippen LogP contribution in [0, 0.1) is 0 Å². The number of allylic oxidation sites excluding steroid dienone is 1. The molecule has 0 spiro atoms. The smallest absolute Gasteiger partial charge is 0.345 e. The first kappa shape index (κ1) is 21.2. The van der Waals surface area contributed by atoms with E-state index < -0.39 is 10.2 Å². The minimum absolute atomic E-state index is 0.0388. The molecular formula is C20H27N3O5S. The summed E-state index contributed by atoms with van der Waals surface area (Å²) in [5, 5.41) is 0. The first-order valence-corrected chi connectivity index (χ1v) is 10.9. The molecule has 2 aliphatic heterocycles. The maximum atomic E-state index is 13.4. The fraction of sp³-hybridized carbons (Fsp3) is 0.500. The van der Waals surface area contributed by atoms with Crippen molar-refractivity contribution in [3.8, 4) is 11.5 Å². The first-order chi connectivity index (χ1) is 13.7. The summed E-state index contributed by atoms with van der Waals surface area (Å²) >= 11 is 0. The van der Waals surface area contributed by atoms with Gasteiger partial charge in [-0.1, -0.05) is 0 Å². The molecule has 0 bridgehead atoms. The van der Waals surface area contributed by atoms with Crippen molar-refractivity contribution in [2.45, 2.75) is 45.2 Å². The van der Waals surface area contributed by atoms with Gasteiger partial charge in [-0.15, -0.1) is 4.40 Å². The molecule has 1 fully saturated rings. The monoisotopic (exact) mass is 421 g/mol. The lowest BCUT2D eigenvalue weighted by Crippen LogP contribution is -2.50. The Balaban J connectivity index is 2.10. The van der Waals surface area contributed by atoms with Gasteiger partial charge in [0.25, 0.3) is 5.91 Å². The summed E-state index contributed by atoms with van der Waals surface area (Å²) in [6, 6.07) is 5.10. The van der Waals surface area contributed by atoms with Gasteiger partial charge in [0.05, 0.1) is 19.9 Å². The van der Waals surface area contributed by atoms with Crippen LogP contribution in [0.2, 0.25) is 0 Å². The third kappa shape index (κ3) is 3.96. The summed E-state index contributed by atoms with van der Waals surface area (Å²) in [6.45, 7) is 3.98. The van der Waals surface area contributed by atoms with Crippen molar-refractivity contribution < 1.29 is 22.7 Å². The molecular weight excluding hydrogens is 394 g/mol. The number of likely N-dealkylation sites (N-methyl/N-ethyl adjacent to an activating group) is 1. The second-order valence-electron chi connectivity index (χ2n) is 7.36. The van der Waals surface area contributed by atoms with E-state index >= 15 is 0 Å². The maximum absolute atomic E-state index is 13.4. The predicted molar refractivity (Wildman–Crippen MR) is 110 cm³/mol. The van der Waals surface area contributed by atoms with Crippen LogP contribution in [0.25, 0.3) is 0 Å². The van der Waals surface area contributed by atoms with E-state index in [9.17, 15) is 13.2 Å². The van der Waals surface area contributed by atoms with Gasteiger partial charge < -0.3 is 14.4 Å². The van der Waals surface area contributed by atoms with Crippen LogP contribution in [0.3, 0.4) is 0 Å². The molecule has 0 unspecified atom stereocenters. The summed E-state index contributed by atoms with van der Waals surface area (Å²) in [5.74, 6) is 0.650. The number of hydrogen-bond acceptors (Lipinski definition) is 5. The van der Waals surface area contributed by atoms with E-state index in [4.69, 9.17) is 9.47 Å². The third-order valence-corrected chi connectivity index (χ3v) is 6.82. The van der Waals surface area contributed by atoms with E-state index in [1.807, 2.05) is 13.8 Å². The largest absolute Gasteiger partial charge is 0.497 e. The molecule has 2 atom stereocenters. The summed E-state index contributed by atoms with van der Waals surface area (Å²) in [5.41, 5.74) is 0.647. The molecule has 1 aromatic carbocycles. The molecule has 1 aromatic rings. The molecule has 0 aromatic heterocycles. The molecule has 3 rings (SSSR count). The number of rotatable bonds is 4. The van der Waals surface area contributed by atoms with Crippen molar-refractivity contribution in [2.75, 3.05) is 21.3 Å². The van der Waals surface area contributed by atoms with Gasteiger partial charge in [0.1, 0.15) is 17.2 Å². The molecule has 0 aliphatic carbocycles. The molecule has 0 saturated carbocycles. The van der Waals surface area contributed by atoms with E-state index in [0.29, 0.717) is 17.1 Å². The highest BCUT2D eigenvalue weighted by molar-refractivity contribution is 7.88. The fourth-order valence-corrected chi connectivity index (χ4v) is 4.75. The van der Waals surface area contributed by atoms with Gasteiger partial charge in [0.2, 0.25) is 0 Å². The molecule has 1 saturated heterocycles. The summed E-state index contributed by atoms with van der Waals surface area (Å²) < 4.78 is 40.9. The molecule has 9 heteroatoms. The summed E-state index contributed by atoms with van der Waals surface area (Å²) in [7, 11) is 0.292. The van der Waals surface area contributed by atoms with Gasteiger partial charge in [-0.3, -0.25) is 4.79 Å². The second-order valence-corrected chi connectivity index (χ2v) is 8.98. The van der Waals surface area contributed by atoms with Crippen LogP contribution in [0.15, 0.2) is 34.4 Å². The number of likely N-dealkylation sites (tertiary alicyclic amines) is 1. The minimum atomic E-state index is -4.06. The first-order valence-electron chi connectivity index (χ1n) is 9.55. The van der Waals surface area contributed by atoms with Gasteiger partial charge in [0.15, 0.2) is 0 Å². The van der Waals surface area contributed by atoms with Gasteiger partial charge in [-0.25, -0.2) is 4.31 Å². The van der Waals surface area contributed by atoms with Crippen molar-refractivity contribution in [3.05, 3.63) is 35.5 Å². The zero-order valence-corrected chi connectivity index (χ0v) is 18.2. The second kappa shape index (κ2) is 8.06. The van der Waals surface area contributed by atoms with E-state index in [-0.39, 0.29) is 29.4 Å². The van der Waals surface area contributed by atoms with Gasteiger partial charge in [0, 0.05) is 24.7 Å². The Morgan fingerprint density at radius 1 is 1.14 bits per heavy atom. The zero-order valence-electron chi connectivity index (χ0n) is 17.4. The Kier molecular flexibility index (Phi) is 5.88. The molecule has 2 aliphatic rings. The van der Waals surface area contributed by atoms with Crippen LogP contribution in [0.5, 0.6) is 11.5 Å². The molecule has 0 N–H and O–H groups in total. The Morgan fingerprint density at radius 3 is 2.38 bits per heavy atom. The number of carbonyl (C=O) groups is 1. The average molecular weight is 422 g/mol. The number of hydrogen-bond donors (Lipinski definition) is 0. The van der Waals surface area contributed by atoms with Crippen molar-refractivity contribution in [1.29, 1.82) is 0 Å². The van der Waals surface area contributed by atoms with E-state index in [0.717, 1.165) is 23.6 Å².